The molecule has 2 aromatic carbocycles. The van der Waals surface area contributed by atoms with E-state index in [1.807, 2.05) is 0 Å². The number of rotatable bonds is 9. The highest BCUT2D eigenvalue weighted by molar-refractivity contribution is 7.89. The van der Waals surface area contributed by atoms with Gasteiger partial charge in [-0.15, -0.1) is 0 Å². The molecule has 3 rings (SSSR count). The molecule has 0 radical (unpaired) electrons. The highest BCUT2D eigenvalue weighted by Gasteiger charge is 2.23. The molecule has 2 aromatic rings. The Bertz CT molecular complexity index is 1120. The first-order valence-corrected chi connectivity index (χ1v) is 11.9. The molecule has 33 heavy (non-hydrogen) atoms. The van der Waals surface area contributed by atoms with Gasteiger partial charge in [-0.1, -0.05) is 13.8 Å². The van der Waals surface area contributed by atoms with E-state index in [1.165, 1.54) is 42.8 Å². The summed E-state index contributed by atoms with van der Waals surface area (Å²) in [5.74, 6) is 1.46. The van der Waals surface area contributed by atoms with Crippen molar-refractivity contribution in [3.05, 3.63) is 42.0 Å². The number of benzene rings is 2. The lowest BCUT2D eigenvalue weighted by molar-refractivity contribution is -0.111. The predicted molar refractivity (Wildman–Crippen MR) is 125 cm³/mol. The number of sulfonamides is 1. The standard InChI is InChI=1S/C23H28N2O7S/c1-5-25(6-2)33(27,28)17-8-9-19(29-3)18(15-17)24-22(26)10-7-16-13-20(30-4)23-21(14-16)31-11-12-32-23/h7-10,13-15H,5-6,11-12H2,1-4H3,(H,24,26)/b10-7+. The molecular formula is C23H28N2O7S. The maximum absolute atomic E-state index is 12.8. The van der Waals surface area contributed by atoms with Crippen molar-refractivity contribution >= 4 is 27.7 Å². The molecule has 0 spiro atoms. The zero-order valence-corrected chi connectivity index (χ0v) is 19.9. The van der Waals surface area contributed by atoms with Crippen LogP contribution in [0.15, 0.2) is 41.3 Å². The van der Waals surface area contributed by atoms with Crippen LogP contribution in [0, 0.1) is 0 Å². The quantitative estimate of drug-likeness (QED) is 0.555. The van der Waals surface area contributed by atoms with Crippen molar-refractivity contribution in [3.8, 4) is 23.0 Å². The molecule has 0 aromatic heterocycles. The second-order valence-electron chi connectivity index (χ2n) is 7.02. The summed E-state index contributed by atoms with van der Waals surface area (Å²) in [6.45, 7) is 5.08. The van der Waals surface area contributed by atoms with Gasteiger partial charge in [0.25, 0.3) is 0 Å². The van der Waals surface area contributed by atoms with E-state index in [1.54, 1.807) is 32.1 Å². The van der Waals surface area contributed by atoms with Crippen molar-refractivity contribution in [1.29, 1.82) is 0 Å². The first-order chi connectivity index (χ1) is 15.8. The summed E-state index contributed by atoms with van der Waals surface area (Å²) in [7, 11) is -0.715. The number of ether oxygens (including phenoxy) is 4. The topological polar surface area (TPSA) is 103 Å². The Balaban J connectivity index is 1.83. The average molecular weight is 477 g/mol. The van der Waals surface area contributed by atoms with Crippen molar-refractivity contribution in [3.63, 3.8) is 0 Å². The lowest BCUT2D eigenvalue weighted by Crippen LogP contribution is -2.30. The number of fused-ring (bicyclic) bond motifs is 1. The third-order valence-corrected chi connectivity index (χ3v) is 7.10. The lowest BCUT2D eigenvalue weighted by Gasteiger charge is -2.21. The number of carbonyl (C=O) groups is 1. The number of nitrogens with zero attached hydrogens (tertiary/aromatic N) is 1. The summed E-state index contributed by atoms with van der Waals surface area (Å²) >= 11 is 0. The fourth-order valence-electron chi connectivity index (χ4n) is 3.39. The van der Waals surface area contributed by atoms with E-state index in [4.69, 9.17) is 18.9 Å². The summed E-state index contributed by atoms with van der Waals surface area (Å²) < 4.78 is 48.9. The number of nitrogens with one attached hydrogen (secondary N) is 1. The van der Waals surface area contributed by atoms with E-state index in [2.05, 4.69) is 5.32 Å². The first kappa shape index (κ1) is 24.4. The van der Waals surface area contributed by atoms with Crippen LogP contribution in [0.25, 0.3) is 6.08 Å². The molecule has 0 fully saturated rings. The molecule has 0 unspecified atom stereocenters. The van der Waals surface area contributed by atoms with Gasteiger partial charge in [0.05, 0.1) is 24.8 Å². The number of hydrogen-bond acceptors (Lipinski definition) is 7. The van der Waals surface area contributed by atoms with Gasteiger partial charge in [0.2, 0.25) is 21.7 Å². The Hall–Kier alpha value is -3.24. The molecule has 1 heterocycles. The molecular weight excluding hydrogens is 448 g/mol. The number of hydrogen-bond donors (Lipinski definition) is 1. The van der Waals surface area contributed by atoms with Gasteiger partial charge < -0.3 is 24.3 Å². The minimum absolute atomic E-state index is 0.0721. The fraction of sp³-hybridized carbons (Fsp3) is 0.348. The number of carbonyl (C=O) groups excluding carboxylic acids is 1. The molecule has 9 nitrogen and oxygen atoms in total. The highest BCUT2D eigenvalue weighted by Crippen LogP contribution is 2.40. The Morgan fingerprint density at radius 3 is 2.42 bits per heavy atom. The van der Waals surface area contributed by atoms with Crippen LogP contribution in [0.3, 0.4) is 0 Å². The Morgan fingerprint density at radius 1 is 1.06 bits per heavy atom. The summed E-state index contributed by atoms with van der Waals surface area (Å²) in [6, 6.07) is 7.85. The SMILES string of the molecule is CCN(CC)S(=O)(=O)c1ccc(OC)c(NC(=O)/C=C/c2cc(OC)c3c(c2)OCCO3)c1. The molecule has 0 bridgehead atoms. The number of amides is 1. The molecule has 0 aliphatic carbocycles. The van der Waals surface area contributed by atoms with Gasteiger partial charge in [-0.05, 0) is 42.0 Å². The monoisotopic (exact) mass is 476 g/mol. The van der Waals surface area contributed by atoms with Gasteiger partial charge in [-0.2, -0.15) is 4.31 Å². The van der Waals surface area contributed by atoms with Crippen molar-refractivity contribution in [2.45, 2.75) is 18.7 Å². The van der Waals surface area contributed by atoms with Crippen LogP contribution in [-0.4, -0.2) is 59.2 Å². The van der Waals surface area contributed by atoms with Gasteiger partial charge in [-0.3, -0.25) is 4.79 Å². The average Bonchev–Trinajstić information content (AvgIpc) is 2.82. The lowest BCUT2D eigenvalue weighted by atomic mass is 10.1. The predicted octanol–water partition coefficient (Wildman–Crippen LogP) is 3.16. The van der Waals surface area contributed by atoms with Crippen molar-refractivity contribution in [1.82, 2.24) is 4.31 Å². The Kier molecular flexibility index (Phi) is 7.83. The normalized spacial score (nSPS) is 13.2. The molecule has 10 heteroatoms. The van der Waals surface area contributed by atoms with Crippen LogP contribution in [0.1, 0.15) is 19.4 Å². The van der Waals surface area contributed by atoms with Crippen LogP contribution >= 0.6 is 0 Å². The van der Waals surface area contributed by atoms with E-state index in [-0.39, 0.29) is 10.6 Å². The fourth-order valence-corrected chi connectivity index (χ4v) is 4.88. The molecule has 1 amide bonds. The van der Waals surface area contributed by atoms with E-state index < -0.39 is 15.9 Å². The molecule has 0 saturated carbocycles. The van der Waals surface area contributed by atoms with Crippen molar-refractivity contribution in [2.75, 3.05) is 45.8 Å². The van der Waals surface area contributed by atoms with E-state index in [0.29, 0.717) is 54.9 Å². The van der Waals surface area contributed by atoms with Gasteiger partial charge in [0.1, 0.15) is 19.0 Å². The first-order valence-electron chi connectivity index (χ1n) is 10.5. The van der Waals surface area contributed by atoms with Crippen LogP contribution in [0.5, 0.6) is 23.0 Å². The number of methoxy groups -OCH3 is 2. The largest absolute Gasteiger partial charge is 0.495 e. The second kappa shape index (κ2) is 10.6. The van der Waals surface area contributed by atoms with E-state index in [9.17, 15) is 13.2 Å². The molecule has 1 N–H and O–H groups in total. The third-order valence-electron chi connectivity index (χ3n) is 5.05. The minimum Gasteiger partial charge on any atom is -0.495 e. The van der Waals surface area contributed by atoms with Crippen molar-refractivity contribution < 1.29 is 32.2 Å². The van der Waals surface area contributed by atoms with Gasteiger partial charge in [0, 0.05) is 19.2 Å². The maximum atomic E-state index is 12.8. The summed E-state index contributed by atoms with van der Waals surface area (Å²) in [5, 5.41) is 2.69. The van der Waals surface area contributed by atoms with E-state index in [0.717, 1.165) is 0 Å². The third kappa shape index (κ3) is 5.40. The molecule has 1 aliphatic heterocycles. The summed E-state index contributed by atoms with van der Waals surface area (Å²) in [5.41, 5.74) is 0.927. The molecule has 1 aliphatic rings. The Labute approximate surface area is 193 Å². The highest BCUT2D eigenvalue weighted by atomic mass is 32.2. The van der Waals surface area contributed by atoms with Crippen LogP contribution < -0.4 is 24.3 Å². The second-order valence-corrected chi connectivity index (χ2v) is 8.96. The molecule has 0 saturated heterocycles. The van der Waals surface area contributed by atoms with Gasteiger partial charge in [0.15, 0.2) is 11.5 Å². The maximum Gasteiger partial charge on any atom is 0.248 e. The zero-order valence-electron chi connectivity index (χ0n) is 19.1. The van der Waals surface area contributed by atoms with E-state index >= 15 is 0 Å². The molecule has 178 valence electrons. The van der Waals surface area contributed by atoms with Crippen molar-refractivity contribution in [2.24, 2.45) is 0 Å². The minimum atomic E-state index is -3.69. The van der Waals surface area contributed by atoms with Gasteiger partial charge in [-0.25, -0.2) is 8.42 Å². The van der Waals surface area contributed by atoms with Gasteiger partial charge >= 0.3 is 0 Å². The summed E-state index contributed by atoms with van der Waals surface area (Å²) in [4.78, 5) is 12.7. The van der Waals surface area contributed by atoms with Crippen LogP contribution in [-0.2, 0) is 14.8 Å². The Morgan fingerprint density at radius 2 is 1.76 bits per heavy atom. The zero-order chi connectivity index (χ0) is 24.0. The smallest absolute Gasteiger partial charge is 0.248 e. The van der Waals surface area contributed by atoms with Crippen LogP contribution in [0.2, 0.25) is 0 Å². The summed E-state index contributed by atoms with van der Waals surface area (Å²) in [6.07, 6.45) is 2.93. The van der Waals surface area contributed by atoms with Crippen LogP contribution in [0.4, 0.5) is 5.69 Å². The molecule has 0 atom stereocenters. The number of anilines is 1.